The van der Waals surface area contributed by atoms with Crippen molar-refractivity contribution in [1.29, 1.82) is 0 Å². The van der Waals surface area contributed by atoms with Gasteiger partial charge in [-0.25, -0.2) is 0 Å². The Hall–Kier alpha value is -2.79. The van der Waals surface area contributed by atoms with Crippen LogP contribution in [0.5, 0.6) is 0 Å². The molecule has 0 amide bonds. The lowest BCUT2D eigenvalue weighted by Gasteiger charge is -2.43. The first kappa shape index (κ1) is 59.2. The van der Waals surface area contributed by atoms with Gasteiger partial charge in [0.05, 0.1) is 36.6 Å². The predicted molar refractivity (Wildman–Crippen MR) is 254 cm³/mol. The lowest BCUT2D eigenvalue weighted by Crippen LogP contribution is -2.45. The summed E-state index contributed by atoms with van der Waals surface area (Å²) in [4.78, 5) is 65.2. The third kappa shape index (κ3) is 20.8. The summed E-state index contributed by atoms with van der Waals surface area (Å²) >= 11 is 0. The minimum Gasteiger partial charge on any atom is -0.460 e. The first-order chi connectivity index (χ1) is 29.0. The normalized spacial score (nSPS) is 16.4. The third-order valence-electron chi connectivity index (χ3n) is 15.0. The first-order valence-corrected chi connectivity index (χ1v) is 24.4. The molecule has 1 N–H and O–H groups in total. The second kappa shape index (κ2) is 24.3. The topological polar surface area (TPSA) is 155 Å². The van der Waals surface area contributed by atoms with E-state index >= 15 is 0 Å². The zero-order chi connectivity index (χ0) is 49.6. The number of hydrogen-bond acceptors (Lipinski definition) is 11. The van der Waals surface area contributed by atoms with Gasteiger partial charge in [0, 0.05) is 35.5 Å². The smallest absolute Gasteiger partial charge is 0.309 e. The largest absolute Gasteiger partial charge is 0.460 e. The molecule has 3 atom stereocenters. The van der Waals surface area contributed by atoms with Gasteiger partial charge in [-0.1, -0.05) is 73.8 Å². The number of rotatable bonds is 33. The number of aliphatic hydroxyl groups is 1. The summed E-state index contributed by atoms with van der Waals surface area (Å²) in [5.74, 6) is -1.88. The van der Waals surface area contributed by atoms with E-state index in [-0.39, 0.29) is 66.3 Å². The van der Waals surface area contributed by atoms with Crippen molar-refractivity contribution >= 4 is 29.7 Å². The van der Waals surface area contributed by atoms with Crippen molar-refractivity contribution in [3.05, 3.63) is 12.7 Å². The van der Waals surface area contributed by atoms with Crippen LogP contribution in [0.3, 0.4) is 0 Å². The lowest BCUT2D eigenvalue weighted by molar-refractivity contribution is -0.175. The summed E-state index contributed by atoms with van der Waals surface area (Å²) in [7, 11) is 0. The second-order valence-corrected chi connectivity index (χ2v) is 23.5. The van der Waals surface area contributed by atoms with Crippen molar-refractivity contribution in [1.82, 2.24) is 0 Å². The quantitative estimate of drug-likeness (QED) is 0.0220. The van der Waals surface area contributed by atoms with Crippen molar-refractivity contribution in [2.24, 2.45) is 28.1 Å². The summed E-state index contributed by atoms with van der Waals surface area (Å²) < 4.78 is 29.7. The van der Waals surface area contributed by atoms with Gasteiger partial charge in [0.25, 0.3) is 0 Å². The maximum atomic E-state index is 14.0. The average Bonchev–Trinajstić information content (AvgIpc) is 3.97. The molecular formula is C53H94O11. The molecule has 1 saturated heterocycles. The highest BCUT2D eigenvalue weighted by atomic mass is 16.6. The number of unbranched alkanes of at least 4 members (excludes halogenated alkanes) is 1. The Balaban J connectivity index is 2.81. The molecule has 0 spiro atoms. The number of carbonyl (C=O) groups is 5. The molecule has 0 aliphatic carbocycles. The van der Waals surface area contributed by atoms with Crippen molar-refractivity contribution in [3.8, 4) is 0 Å². The molecule has 1 aliphatic heterocycles. The van der Waals surface area contributed by atoms with Crippen molar-refractivity contribution in [2.75, 3.05) is 6.61 Å². The molecule has 1 aliphatic rings. The van der Waals surface area contributed by atoms with Crippen LogP contribution in [-0.4, -0.2) is 75.5 Å². The zero-order valence-corrected chi connectivity index (χ0v) is 43.8. The summed E-state index contributed by atoms with van der Waals surface area (Å²) in [6, 6.07) is 0. The summed E-state index contributed by atoms with van der Waals surface area (Å²) in [6.07, 6.45) is 11.0. The molecule has 0 saturated carbocycles. The van der Waals surface area contributed by atoms with E-state index in [0.29, 0.717) is 70.8 Å². The Bertz CT molecular complexity index is 1520. The molecule has 1 heterocycles. The van der Waals surface area contributed by atoms with E-state index in [9.17, 15) is 29.1 Å². The van der Waals surface area contributed by atoms with Crippen molar-refractivity contribution in [2.45, 2.75) is 261 Å². The summed E-state index contributed by atoms with van der Waals surface area (Å²) in [5, 5.41) is 9.91. The van der Waals surface area contributed by atoms with E-state index in [1.54, 1.807) is 19.9 Å². The third-order valence-corrected chi connectivity index (χ3v) is 15.0. The van der Waals surface area contributed by atoms with Crippen LogP contribution >= 0.6 is 0 Å². The Labute approximate surface area is 389 Å². The monoisotopic (exact) mass is 907 g/mol. The molecule has 0 aromatic heterocycles. The Morgan fingerprint density at radius 2 is 1.03 bits per heavy atom. The maximum absolute atomic E-state index is 14.0. The SMILES string of the molecule is C=CCC(CCCC(C)(C)C(C)(C)OC(=O)C(CCCC(C)(C)C(C)(C)OC(=O)CCC(=O)CCC(C)(C)O)CC1CO1)C(=O)OC(C)(C)C(C)(C)CCCCC(=O)OC(C)(C)CC. The van der Waals surface area contributed by atoms with Gasteiger partial charge >= 0.3 is 23.9 Å². The number of allylic oxidation sites excluding steroid dienone is 1. The van der Waals surface area contributed by atoms with Crippen molar-refractivity contribution < 1.29 is 52.8 Å². The molecule has 0 aromatic carbocycles. The second-order valence-electron chi connectivity index (χ2n) is 23.5. The van der Waals surface area contributed by atoms with Gasteiger partial charge in [0.2, 0.25) is 0 Å². The predicted octanol–water partition coefficient (Wildman–Crippen LogP) is 12.2. The minimum atomic E-state index is -0.932. The number of epoxide rings is 1. The fourth-order valence-electron chi connectivity index (χ4n) is 7.37. The lowest BCUT2D eigenvalue weighted by atomic mass is 9.72. The molecule has 11 nitrogen and oxygen atoms in total. The van der Waals surface area contributed by atoms with Crippen LogP contribution in [0.2, 0.25) is 0 Å². The Morgan fingerprint density at radius 1 is 0.594 bits per heavy atom. The van der Waals surface area contributed by atoms with E-state index < -0.39 is 44.8 Å². The molecule has 64 heavy (non-hydrogen) atoms. The number of Topliss-reactive ketones (excluding diaryl/α,β-unsaturated/α-hetero) is 1. The molecule has 1 fully saturated rings. The van der Waals surface area contributed by atoms with E-state index in [1.807, 2.05) is 62.3 Å². The average molecular weight is 907 g/mol. The number of esters is 4. The van der Waals surface area contributed by atoms with Crippen LogP contribution in [0.15, 0.2) is 12.7 Å². The fourth-order valence-corrected chi connectivity index (χ4v) is 7.37. The van der Waals surface area contributed by atoms with Gasteiger partial charge in [0.15, 0.2) is 0 Å². The van der Waals surface area contributed by atoms with E-state index in [4.69, 9.17) is 23.7 Å². The number of hydrogen-bond donors (Lipinski definition) is 1. The first-order valence-electron chi connectivity index (χ1n) is 24.4. The molecule has 3 unspecified atom stereocenters. The highest BCUT2D eigenvalue weighted by molar-refractivity contribution is 5.83. The van der Waals surface area contributed by atoms with E-state index in [1.165, 1.54) is 0 Å². The summed E-state index contributed by atoms with van der Waals surface area (Å²) in [6.45, 7) is 37.9. The van der Waals surface area contributed by atoms with E-state index in [2.05, 4.69) is 48.1 Å². The van der Waals surface area contributed by atoms with Crippen LogP contribution in [-0.2, 0) is 47.7 Å². The number of ketones is 1. The molecule has 0 radical (unpaired) electrons. The van der Waals surface area contributed by atoms with Crippen LogP contribution in [0, 0.1) is 28.1 Å². The van der Waals surface area contributed by atoms with Gasteiger partial charge in [-0.3, -0.25) is 24.0 Å². The fraction of sp³-hybridized carbons (Fsp3) is 0.868. The molecule has 1 rings (SSSR count). The van der Waals surface area contributed by atoms with E-state index in [0.717, 1.165) is 25.7 Å². The summed E-state index contributed by atoms with van der Waals surface area (Å²) in [5.41, 5.74) is -4.93. The highest BCUT2D eigenvalue weighted by Crippen LogP contribution is 2.43. The minimum absolute atomic E-state index is 0.00758. The van der Waals surface area contributed by atoms with Gasteiger partial charge in [-0.2, -0.15) is 0 Å². The molecule has 372 valence electrons. The van der Waals surface area contributed by atoms with Crippen LogP contribution in [0.1, 0.15) is 227 Å². The van der Waals surface area contributed by atoms with Crippen LogP contribution < -0.4 is 0 Å². The number of carbonyl (C=O) groups excluding carboxylic acids is 5. The molecule has 11 heteroatoms. The standard InChI is InChI=1S/C53H94O11/c1-19-25-38(44(57)63-52(15,16)46(3,4)32-22-21-28-42(55)61-50(11,12)20-2)26-23-33-48(7,8)53(17,18)64-45(58)39(36-41-37-60-41)27-24-34-47(5,6)51(13,14)62-43(56)30-29-40(54)31-35-49(9,10)59/h19,38-39,41,59H,1,20-37H2,2-18H3. The highest BCUT2D eigenvalue weighted by Gasteiger charge is 2.45. The van der Waals surface area contributed by atoms with Crippen LogP contribution in [0.4, 0.5) is 0 Å². The molecule has 0 bridgehead atoms. The molecular weight excluding hydrogens is 813 g/mol. The van der Waals surface area contributed by atoms with Gasteiger partial charge in [0.1, 0.15) is 28.2 Å². The maximum Gasteiger partial charge on any atom is 0.309 e. The van der Waals surface area contributed by atoms with Crippen LogP contribution in [0.25, 0.3) is 0 Å². The Morgan fingerprint density at radius 3 is 1.48 bits per heavy atom. The molecule has 0 aromatic rings. The van der Waals surface area contributed by atoms with Gasteiger partial charge in [-0.05, 0) is 133 Å². The van der Waals surface area contributed by atoms with Gasteiger partial charge in [-0.15, -0.1) is 6.58 Å². The number of ether oxygens (including phenoxy) is 5. The zero-order valence-electron chi connectivity index (χ0n) is 43.8. The Kier molecular flexibility index (Phi) is 22.5. The van der Waals surface area contributed by atoms with Crippen molar-refractivity contribution in [3.63, 3.8) is 0 Å². The van der Waals surface area contributed by atoms with Gasteiger partial charge < -0.3 is 28.8 Å².